The number of rotatable bonds is 7. The smallest absolute Gasteiger partial charge is 0.188 e. The number of ether oxygens (including phenoxy) is 1. The average molecular weight is 303 g/mol. The molecule has 0 spiro atoms. The summed E-state index contributed by atoms with van der Waals surface area (Å²) in [5.74, 6) is 0.0000709. The molecule has 0 aliphatic heterocycles. The molecule has 2 aromatic rings. The first-order chi connectivity index (χ1) is 10.2. The van der Waals surface area contributed by atoms with Crippen LogP contribution in [0.4, 0.5) is 0 Å². The molecule has 2 aromatic carbocycles. The highest BCUT2D eigenvalue weighted by atomic mass is 35.5. The Balaban J connectivity index is 1.84. The Bertz CT molecular complexity index is 590. The number of hydrogen-bond donors (Lipinski definition) is 0. The van der Waals surface area contributed by atoms with Gasteiger partial charge in [0.25, 0.3) is 0 Å². The Morgan fingerprint density at radius 1 is 1.10 bits per heavy atom. The maximum Gasteiger partial charge on any atom is 0.188 e. The highest BCUT2D eigenvalue weighted by Gasteiger charge is 2.06. The maximum absolute atomic E-state index is 12.0. The van der Waals surface area contributed by atoms with Crippen molar-refractivity contribution in [1.82, 2.24) is 0 Å². The monoisotopic (exact) mass is 302 g/mol. The third kappa shape index (κ3) is 5.00. The van der Waals surface area contributed by atoms with Crippen LogP contribution >= 0.6 is 11.6 Å². The molecule has 2 nitrogen and oxygen atoms in total. The number of carbonyl (C=O) groups excluding carboxylic acids is 1. The number of benzene rings is 2. The van der Waals surface area contributed by atoms with E-state index in [-0.39, 0.29) is 12.4 Å². The summed E-state index contributed by atoms with van der Waals surface area (Å²) in [6, 6.07) is 15.2. The Hall–Kier alpha value is -1.64. The molecule has 0 unspecified atom stereocenters. The van der Waals surface area contributed by atoms with Crippen molar-refractivity contribution in [2.45, 2.75) is 26.4 Å². The molecule has 0 aromatic heterocycles. The van der Waals surface area contributed by atoms with Crippen molar-refractivity contribution < 1.29 is 9.53 Å². The fourth-order valence-electron chi connectivity index (χ4n) is 2.12. The summed E-state index contributed by atoms with van der Waals surface area (Å²) >= 11 is 5.90. The van der Waals surface area contributed by atoms with E-state index in [0.29, 0.717) is 17.2 Å². The number of hydrogen-bond acceptors (Lipinski definition) is 2. The van der Waals surface area contributed by atoms with Gasteiger partial charge in [-0.25, -0.2) is 0 Å². The molecule has 0 amide bonds. The first-order valence-electron chi connectivity index (χ1n) is 7.13. The second-order valence-electron chi connectivity index (χ2n) is 4.99. The molecule has 110 valence electrons. The predicted octanol–water partition coefficient (Wildman–Crippen LogP) is 4.69. The van der Waals surface area contributed by atoms with Crippen molar-refractivity contribution >= 4 is 17.4 Å². The van der Waals surface area contributed by atoms with Gasteiger partial charge in [-0.1, -0.05) is 61.3 Å². The van der Waals surface area contributed by atoms with Gasteiger partial charge < -0.3 is 4.74 Å². The van der Waals surface area contributed by atoms with E-state index >= 15 is 0 Å². The number of carbonyl (C=O) groups is 1. The third-order valence-corrected chi connectivity index (χ3v) is 3.44. The minimum atomic E-state index is 0.0000709. The molecule has 0 radical (unpaired) electrons. The van der Waals surface area contributed by atoms with Crippen LogP contribution in [0.1, 0.15) is 34.8 Å². The van der Waals surface area contributed by atoms with Crippen LogP contribution in [0.3, 0.4) is 0 Å². The first-order valence-corrected chi connectivity index (χ1v) is 7.51. The van der Waals surface area contributed by atoms with Crippen molar-refractivity contribution in [2.75, 3.05) is 6.61 Å². The van der Waals surface area contributed by atoms with Crippen LogP contribution in [0.15, 0.2) is 48.5 Å². The SMILES string of the molecule is CCCc1ccc(C(=O)COCc2cccc(Cl)c2)cc1. The van der Waals surface area contributed by atoms with E-state index in [1.54, 1.807) is 0 Å². The standard InChI is InChI=1S/C18H19ClO2/c1-2-4-14-7-9-16(10-8-14)18(20)13-21-12-15-5-3-6-17(19)11-15/h3,5-11H,2,4,12-13H2,1H3. The quantitative estimate of drug-likeness (QED) is 0.693. The molecule has 0 aliphatic carbocycles. The molecule has 3 heteroatoms. The Labute approximate surface area is 130 Å². The highest BCUT2D eigenvalue weighted by Crippen LogP contribution is 2.12. The van der Waals surface area contributed by atoms with Crippen LogP contribution < -0.4 is 0 Å². The van der Waals surface area contributed by atoms with Gasteiger partial charge >= 0.3 is 0 Å². The van der Waals surface area contributed by atoms with Crippen molar-refractivity contribution in [2.24, 2.45) is 0 Å². The van der Waals surface area contributed by atoms with E-state index in [1.165, 1.54) is 5.56 Å². The van der Waals surface area contributed by atoms with Crippen LogP contribution in [-0.2, 0) is 17.8 Å². The normalized spacial score (nSPS) is 10.6. The lowest BCUT2D eigenvalue weighted by Gasteiger charge is -2.05. The number of aryl methyl sites for hydroxylation is 1. The van der Waals surface area contributed by atoms with E-state index in [4.69, 9.17) is 16.3 Å². The first kappa shape index (κ1) is 15.7. The number of ketones is 1. The molecule has 0 atom stereocenters. The summed E-state index contributed by atoms with van der Waals surface area (Å²) in [7, 11) is 0. The molecule has 0 heterocycles. The summed E-state index contributed by atoms with van der Waals surface area (Å²) < 4.78 is 5.46. The molecule has 0 N–H and O–H groups in total. The van der Waals surface area contributed by atoms with Gasteiger partial charge in [0, 0.05) is 10.6 Å². The van der Waals surface area contributed by atoms with Crippen molar-refractivity contribution in [1.29, 1.82) is 0 Å². The second-order valence-corrected chi connectivity index (χ2v) is 5.43. The lowest BCUT2D eigenvalue weighted by molar-refractivity contribution is 0.0726. The minimum Gasteiger partial charge on any atom is -0.369 e. The van der Waals surface area contributed by atoms with E-state index in [0.717, 1.165) is 18.4 Å². The molecule has 21 heavy (non-hydrogen) atoms. The minimum absolute atomic E-state index is 0.0000709. The molecule has 0 aliphatic rings. The second kappa shape index (κ2) is 7.96. The fourth-order valence-corrected chi connectivity index (χ4v) is 2.33. The van der Waals surface area contributed by atoms with E-state index in [1.807, 2.05) is 48.5 Å². The van der Waals surface area contributed by atoms with Crippen LogP contribution in [0, 0.1) is 0 Å². The van der Waals surface area contributed by atoms with Gasteiger partial charge in [0.15, 0.2) is 5.78 Å². The van der Waals surface area contributed by atoms with Gasteiger partial charge in [-0.05, 0) is 29.7 Å². The molecule has 0 saturated carbocycles. The van der Waals surface area contributed by atoms with Crippen molar-refractivity contribution in [3.63, 3.8) is 0 Å². The maximum atomic E-state index is 12.0. The third-order valence-electron chi connectivity index (χ3n) is 3.21. The molecule has 0 bridgehead atoms. The van der Waals surface area contributed by atoms with Gasteiger partial charge in [0.05, 0.1) is 6.61 Å². The lowest BCUT2D eigenvalue weighted by Crippen LogP contribution is -2.09. The lowest BCUT2D eigenvalue weighted by atomic mass is 10.1. The summed E-state index contributed by atoms with van der Waals surface area (Å²) in [5.41, 5.74) is 2.92. The average Bonchev–Trinajstić information content (AvgIpc) is 2.48. The predicted molar refractivity (Wildman–Crippen MR) is 85.9 cm³/mol. The van der Waals surface area contributed by atoms with Gasteiger partial charge in [-0.2, -0.15) is 0 Å². The zero-order valence-corrected chi connectivity index (χ0v) is 12.9. The van der Waals surface area contributed by atoms with Gasteiger partial charge in [-0.3, -0.25) is 4.79 Å². The summed E-state index contributed by atoms with van der Waals surface area (Å²) in [5, 5.41) is 0.675. The van der Waals surface area contributed by atoms with Crippen molar-refractivity contribution in [3.8, 4) is 0 Å². The zero-order chi connectivity index (χ0) is 15.1. The van der Waals surface area contributed by atoms with Crippen LogP contribution in [0.25, 0.3) is 0 Å². The molecule has 0 saturated heterocycles. The summed E-state index contributed by atoms with van der Waals surface area (Å²) in [6.07, 6.45) is 2.15. The van der Waals surface area contributed by atoms with Gasteiger partial charge in [0.1, 0.15) is 6.61 Å². The van der Waals surface area contributed by atoms with E-state index in [9.17, 15) is 4.79 Å². The molecule has 2 rings (SSSR count). The topological polar surface area (TPSA) is 26.3 Å². The molecular weight excluding hydrogens is 284 g/mol. The Morgan fingerprint density at radius 3 is 2.52 bits per heavy atom. The number of halogens is 1. The van der Waals surface area contributed by atoms with E-state index in [2.05, 4.69) is 6.92 Å². The van der Waals surface area contributed by atoms with Crippen LogP contribution in [0.2, 0.25) is 5.02 Å². The Kier molecular flexibility index (Phi) is 5.97. The van der Waals surface area contributed by atoms with Crippen LogP contribution in [0.5, 0.6) is 0 Å². The fraction of sp³-hybridized carbons (Fsp3) is 0.278. The largest absolute Gasteiger partial charge is 0.369 e. The summed E-state index contributed by atoms with van der Waals surface area (Å²) in [6.45, 7) is 2.61. The van der Waals surface area contributed by atoms with Gasteiger partial charge in [-0.15, -0.1) is 0 Å². The summed E-state index contributed by atoms with van der Waals surface area (Å²) in [4.78, 5) is 12.0. The van der Waals surface area contributed by atoms with Crippen molar-refractivity contribution in [3.05, 3.63) is 70.2 Å². The highest BCUT2D eigenvalue weighted by molar-refractivity contribution is 6.30. The zero-order valence-electron chi connectivity index (χ0n) is 12.1. The van der Waals surface area contributed by atoms with Crippen LogP contribution in [-0.4, -0.2) is 12.4 Å². The number of Topliss-reactive ketones (excluding diaryl/α,β-unsaturated/α-hetero) is 1. The van der Waals surface area contributed by atoms with E-state index < -0.39 is 0 Å². The Morgan fingerprint density at radius 2 is 1.86 bits per heavy atom. The molecule has 0 fully saturated rings. The molecular formula is C18H19ClO2. The van der Waals surface area contributed by atoms with Gasteiger partial charge in [0.2, 0.25) is 0 Å².